The number of likely N-dealkylation sites (tertiary alicyclic amines) is 1. The number of carbonyl (C=O) groups excluding carboxylic acids is 2. The molecule has 246 valence electrons. The molecule has 1 atom stereocenters. The number of anilines is 1. The molecule has 0 spiro atoms. The van der Waals surface area contributed by atoms with E-state index in [1.807, 2.05) is 48.7 Å². The van der Waals surface area contributed by atoms with Crippen molar-refractivity contribution < 1.29 is 9.59 Å². The highest BCUT2D eigenvalue weighted by Gasteiger charge is 2.25. The zero-order valence-corrected chi connectivity index (χ0v) is 27.4. The van der Waals surface area contributed by atoms with Gasteiger partial charge in [0.1, 0.15) is 0 Å². The molecule has 1 aliphatic heterocycles. The van der Waals surface area contributed by atoms with Crippen molar-refractivity contribution in [2.45, 2.75) is 45.1 Å². The molecule has 0 bridgehead atoms. The second-order valence-electron chi connectivity index (χ2n) is 13.0. The van der Waals surface area contributed by atoms with Crippen molar-refractivity contribution in [3.63, 3.8) is 0 Å². The van der Waals surface area contributed by atoms with Crippen LogP contribution in [0.2, 0.25) is 0 Å². The van der Waals surface area contributed by atoms with Gasteiger partial charge in [-0.1, -0.05) is 60.7 Å². The van der Waals surface area contributed by atoms with Crippen LogP contribution in [-0.2, 0) is 17.8 Å². The Labute approximate surface area is 281 Å². The highest BCUT2D eigenvalue weighted by Crippen LogP contribution is 2.21. The maximum absolute atomic E-state index is 13.1. The molecular formula is C40H44N6O2. The fourth-order valence-electron chi connectivity index (χ4n) is 7.09. The van der Waals surface area contributed by atoms with Crippen molar-refractivity contribution in [2.24, 2.45) is 5.92 Å². The van der Waals surface area contributed by atoms with Gasteiger partial charge < -0.3 is 20.9 Å². The maximum atomic E-state index is 13.1. The molecule has 8 nitrogen and oxygen atoms in total. The lowest BCUT2D eigenvalue weighted by atomic mass is 9.96. The van der Waals surface area contributed by atoms with E-state index in [-0.39, 0.29) is 17.7 Å². The Morgan fingerprint density at radius 3 is 2.58 bits per heavy atom. The smallest absolute Gasteiger partial charge is 0.251 e. The van der Waals surface area contributed by atoms with Gasteiger partial charge in [-0.15, -0.1) is 0 Å². The molecule has 2 aliphatic rings. The van der Waals surface area contributed by atoms with Crippen LogP contribution in [0.4, 0.5) is 5.69 Å². The molecule has 1 aliphatic carbocycles. The number of pyridine rings is 1. The van der Waals surface area contributed by atoms with E-state index in [1.54, 1.807) is 0 Å². The quantitative estimate of drug-likeness (QED) is 0.146. The first-order valence-electron chi connectivity index (χ1n) is 17.4. The molecule has 2 aromatic heterocycles. The lowest BCUT2D eigenvalue weighted by Crippen LogP contribution is -2.43. The zero-order chi connectivity index (χ0) is 32.7. The molecule has 8 heteroatoms. The zero-order valence-electron chi connectivity index (χ0n) is 27.4. The normalized spacial score (nSPS) is 16.1. The van der Waals surface area contributed by atoms with Crippen molar-refractivity contribution in [1.29, 1.82) is 0 Å². The van der Waals surface area contributed by atoms with Gasteiger partial charge in [0.2, 0.25) is 5.91 Å². The van der Waals surface area contributed by atoms with Gasteiger partial charge in [-0.3, -0.25) is 14.5 Å². The van der Waals surface area contributed by atoms with Crippen molar-refractivity contribution >= 4 is 51.5 Å². The second kappa shape index (κ2) is 14.9. The Morgan fingerprint density at radius 1 is 0.875 bits per heavy atom. The van der Waals surface area contributed by atoms with Crippen LogP contribution in [0.15, 0.2) is 79.0 Å². The molecule has 4 N–H and O–H groups in total. The summed E-state index contributed by atoms with van der Waals surface area (Å²) in [5, 5.41) is 14.5. The van der Waals surface area contributed by atoms with Crippen LogP contribution in [0.3, 0.4) is 0 Å². The van der Waals surface area contributed by atoms with Gasteiger partial charge in [0.15, 0.2) is 0 Å². The third kappa shape index (κ3) is 7.29. The summed E-state index contributed by atoms with van der Waals surface area (Å²) in [6.45, 7) is 4.51. The van der Waals surface area contributed by atoms with Crippen molar-refractivity contribution in [3.05, 3.63) is 106 Å². The Morgan fingerprint density at radius 2 is 1.69 bits per heavy atom. The van der Waals surface area contributed by atoms with Crippen LogP contribution in [0, 0.1) is 5.92 Å². The lowest BCUT2D eigenvalue weighted by molar-refractivity contribution is -0.126. The van der Waals surface area contributed by atoms with Crippen LogP contribution < -0.4 is 26.5 Å². The van der Waals surface area contributed by atoms with Gasteiger partial charge in [-0.2, -0.15) is 0 Å². The predicted octanol–water partition coefficient (Wildman–Crippen LogP) is 4.87. The highest BCUT2D eigenvalue weighted by molar-refractivity contribution is 5.94. The average molecular weight is 641 g/mol. The van der Waals surface area contributed by atoms with Crippen LogP contribution in [0.25, 0.3) is 34.0 Å². The first kappa shape index (κ1) is 31.6. The molecule has 3 heterocycles. The van der Waals surface area contributed by atoms with E-state index >= 15 is 0 Å². The maximum Gasteiger partial charge on any atom is 0.251 e. The molecule has 3 aromatic carbocycles. The van der Waals surface area contributed by atoms with Gasteiger partial charge in [-0.25, -0.2) is 4.98 Å². The topological polar surface area (TPSA) is 102 Å². The minimum Gasteiger partial charge on any atom is -0.384 e. The molecule has 1 saturated heterocycles. The molecular weight excluding hydrogens is 596 g/mol. The van der Waals surface area contributed by atoms with E-state index in [4.69, 9.17) is 4.98 Å². The number of fused-ring (bicyclic) bond motifs is 3. The fraction of sp³-hybridized carbons (Fsp3) is 0.325. The van der Waals surface area contributed by atoms with Crippen molar-refractivity contribution in [2.75, 3.05) is 38.0 Å². The number of nitrogens with zero attached hydrogens (tertiary/aromatic N) is 2. The number of nitrogens with one attached hydrogen (secondary N) is 4. The van der Waals surface area contributed by atoms with Gasteiger partial charge in [0.05, 0.1) is 22.5 Å². The van der Waals surface area contributed by atoms with Crippen LogP contribution in [0.5, 0.6) is 0 Å². The minimum atomic E-state index is -0.0587. The number of rotatable bonds is 12. The Hall–Kier alpha value is -4.95. The standard InChI is InChI=1S/C40H44N6O2/c47-39(43-23-20-30-25-44-35-13-4-1-10-32(30)35)29-18-16-28(17-19-29)26-46-24-7-9-31(27-46)40(48)42-22-8-21-41-38-33-11-2-5-14-36(33)45-37-15-6-3-12-34(37)38/h1-2,4-5,10-19,25,31,41,44H,3,6-9,20-24,26-27H2,(H,42,48)(H,43,47)/t31-/m0/s1. The number of carbonyl (C=O) groups is 2. The van der Waals surface area contributed by atoms with Crippen molar-refractivity contribution in [1.82, 2.24) is 25.5 Å². The fourth-order valence-corrected chi connectivity index (χ4v) is 7.09. The molecule has 0 unspecified atom stereocenters. The van der Waals surface area contributed by atoms with Crippen molar-refractivity contribution in [3.8, 4) is 0 Å². The third-order valence-corrected chi connectivity index (χ3v) is 9.62. The molecule has 7 rings (SSSR count). The third-order valence-electron chi connectivity index (χ3n) is 9.62. The number of hydrogen-bond donors (Lipinski definition) is 4. The van der Waals surface area contributed by atoms with E-state index in [1.165, 1.54) is 16.2 Å². The van der Waals surface area contributed by atoms with Crippen LogP contribution >= 0.6 is 0 Å². The molecule has 1 fully saturated rings. The van der Waals surface area contributed by atoms with Gasteiger partial charge in [-0.05, 0) is 80.5 Å². The lowest BCUT2D eigenvalue weighted by Gasteiger charge is -2.32. The summed E-state index contributed by atoms with van der Waals surface area (Å²) >= 11 is 0. The summed E-state index contributed by atoms with van der Waals surface area (Å²) in [5.41, 5.74) is 6.29. The first-order chi connectivity index (χ1) is 23.6. The van der Waals surface area contributed by atoms with Gasteiger partial charge >= 0.3 is 0 Å². The molecule has 48 heavy (non-hydrogen) atoms. The number of para-hydroxylation sites is 2. The molecule has 0 saturated carbocycles. The number of aromatic nitrogens is 2. The predicted molar refractivity (Wildman–Crippen MR) is 194 cm³/mol. The molecule has 0 radical (unpaired) electrons. The van der Waals surface area contributed by atoms with Crippen LogP contribution in [0.1, 0.15) is 53.6 Å². The Bertz CT molecular complexity index is 2030. The number of piperidine rings is 1. The summed E-state index contributed by atoms with van der Waals surface area (Å²) in [6, 6.07) is 24.4. The molecule has 5 aromatic rings. The summed E-state index contributed by atoms with van der Waals surface area (Å²) in [7, 11) is 0. The summed E-state index contributed by atoms with van der Waals surface area (Å²) in [4.78, 5) is 36.4. The van der Waals surface area contributed by atoms with E-state index < -0.39 is 0 Å². The number of aromatic amines is 1. The van der Waals surface area contributed by atoms with E-state index in [9.17, 15) is 9.59 Å². The van der Waals surface area contributed by atoms with Crippen LogP contribution in [-0.4, -0.2) is 59.4 Å². The summed E-state index contributed by atoms with van der Waals surface area (Å²) in [6.07, 6.45) is 12.1. The van der Waals surface area contributed by atoms with E-state index in [0.29, 0.717) is 18.7 Å². The summed E-state index contributed by atoms with van der Waals surface area (Å²) < 4.78 is 0. The first-order valence-corrected chi connectivity index (χ1v) is 17.4. The minimum absolute atomic E-state index is 0.00444. The second-order valence-corrected chi connectivity index (χ2v) is 13.0. The van der Waals surface area contributed by atoms with E-state index in [2.05, 4.69) is 68.3 Å². The monoisotopic (exact) mass is 640 g/mol. The van der Waals surface area contributed by atoms with E-state index in [0.717, 1.165) is 97.7 Å². The number of hydrogen-bond acceptors (Lipinski definition) is 5. The summed E-state index contributed by atoms with van der Waals surface area (Å²) in [5.74, 6) is 0.0841. The Kier molecular flexibility index (Phi) is 9.80. The average Bonchev–Trinajstić information content (AvgIpc) is 3.54. The number of H-pyrrole nitrogens is 1. The molecule has 2 amide bonds. The SMILES string of the molecule is O=C(NCCc1c[nH]c2ccccc12)c1ccc(CN2CCC[C@H](C(=O)NCCCNc3c4c(nc5ccccc35)=CCCC=4)C2)cc1. The largest absolute Gasteiger partial charge is 0.384 e. The highest BCUT2D eigenvalue weighted by atomic mass is 16.2. The number of benzene rings is 3. The van der Waals surface area contributed by atoms with Gasteiger partial charge in [0.25, 0.3) is 5.91 Å². The Balaban J connectivity index is 0.847. The van der Waals surface area contributed by atoms with Gasteiger partial charge in [0, 0.05) is 66.0 Å². The number of amides is 2.